The molecule has 1 aliphatic carbocycles. The summed E-state index contributed by atoms with van der Waals surface area (Å²) in [4.78, 5) is 0. The van der Waals surface area contributed by atoms with Gasteiger partial charge in [0, 0.05) is 6.04 Å². The third kappa shape index (κ3) is 2.96. The first-order valence-electron chi connectivity index (χ1n) is 6.06. The summed E-state index contributed by atoms with van der Waals surface area (Å²) >= 11 is 0. The Morgan fingerprint density at radius 1 is 1.35 bits per heavy atom. The van der Waals surface area contributed by atoms with Gasteiger partial charge in [0.25, 0.3) is 0 Å². The summed E-state index contributed by atoms with van der Waals surface area (Å²) in [6.45, 7) is -0.0687. The highest BCUT2D eigenvalue weighted by atomic mass is 19.1. The van der Waals surface area contributed by atoms with Crippen LogP contribution in [0.2, 0.25) is 0 Å². The van der Waals surface area contributed by atoms with Gasteiger partial charge in [-0.1, -0.05) is 18.9 Å². The first-order chi connectivity index (χ1) is 8.20. The fourth-order valence-corrected chi connectivity index (χ4v) is 2.37. The fraction of sp³-hybridized carbons (Fsp3) is 0.538. The van der Waals surface area contributed by atoms with Gasteiger partial charge in [0.1, 0.15) is 0 Å². The predicted molar refractivity (Wildman–Crippen MR) is 63.3 cm³/mol. The zero-order valence-corrected chi connectivity index (χ0v) is 9.69. The van der Waals surface area contributed by atoms with Crippen molar-refractivity contribution in [3.63, 3.8) is 0 Å². The maximum Gasteiger partial charge on any atom is 0.165 e. The second-order valence-corrected chi connectivity index (χ2v) is 4.59. The first-order valence-corrected chi connectivity index (χ1v) is 6.06. The zero-order chi connectivity index (χ0) is 12.3. The van der Waals surface area contributed by atoms with Gasteiger partial charge in [0.05, 0.1) is 12.6 Å². The third-order valence-electron chi connectivity index (χ3n) is 3.35. The molecule has 0 radical (unpaired) electrons. The van der Waals surface area contributed by atoms with Gasteiger partial charge in [-0.25, -0.2) is 4.39 Å². The molecule has 1 aromatic carbocycles. The van der Waals surface area contributed by atoms with Crippen LogP contribution >= 0.6 is 0 Å². The molecule has 1 atom stereocenters. The van der Waals surface area contributed by atoms with E-state index in [4.69, 9.17) is 5.11 Å². The third-order valence-corrected chi connectivity index (χ3v) is 3.35. The van der Waals surface area contributed by atoms with Crippen LogP contribution in [0.25, 0.3) is 0 Å². The second-order valence-electron chi connectivity index (χ2n) is 4.59. The van der Waals surface area contributed by atoms with Crippen LogP contribution in [0.3, 0.4) is 0 Å². The minimum absolute atomic E-state index is 0.0687. The molecule has 0 heterocycles. The number of benzene rings is 1. The van der Waals surface area contributed by atoms with Crippen LogP contribution in [0, 0.1) is 5.82 Å². The highest BCUT2D eigenvalue weighted by Gasteiger charge is 2.20. The van der Waals surface area contributed by atoms with Crippen molar-refractivity contribution < 1.29 is 14.6 Å². The molecule has 94 valence electrons. The molecule has 2 rings (SSSR count). The number of phenolic OH excluding ortho intramolecular Hbond substituents is 1. The van der Waals surface area contributed by atoms with Crippen LogP contribution in [-0.4, -0.2) is 22.9 Å². The molecule has 1 aromatic rings. The maximum absolute atomic E-state index is 13.2. The van der Waals surface area contributed by atoms with Crippen molar-refractivity contribution in [3.8, 4) is 5.75 Å². The summed E-state index contributed by atoms with van der Waals surface area (Å²) < 4.78 is 13.2. The van der Waals surface area contributed by atoms with Crippen molar-refractivity contribution in [2.75, 3.05) is 6.61 Å². The molecule has 0 bridgehead atoms. The lowest BCUT2D eigenvalue weighted by molar-refractivity contribution is 0.232. The minimum atomic E-state index is -0.644. The van der Waals surface area contributed by atoms with Crippen molar-refractivity contribution in [2.24, 2.45) is 0 Å². The van der Waals surface area contributed by atoms with Gasteiger partial charge in [-0.15, -0.1) is 0 Å². The maximum atomic E-state index is 13.2. The number of rotatable bonds is 4. The standard InChI is InChI=1S/C13H18FNO2/c14-11-7-9(5-6-13(11)17)12(8-16)15-10-3-1-2-4-10/h5-7,10,12,15-17H,1-4,8H2. The van der Waals surface area contributed by atoms with E-state index in [1.807, 2.05) is 0 Å². The van der Waals surface area contributed by atoms with Gasteiger partial charge in [0.2, 0.25) is 0 Å². The van der Waals surface area contributed by atoms with E-state index >= 15 is 0 Å². The Hall–Kier alpha value is -1.13. The van der Waals surface area contributed by atoms with E-state index in [2.05, 4.69) is 5.32 Å². The highest BCUT2D eigenvalue weighted by molar-refractivity contribution is 5.30. The molecular weight excluding hydrogens is 221 g/mol. The zero-order valence-electron chi connectivity index (χ0n) is 9.69. The van der Waals surface area contributed by atoms with Gasteiger partial charge in [-0.3, -0.25) is 0 Å². The summed E-state index contributed by atoms with van der Waals surface area (Å²) in [7, 11) is 0. The fourth-order valence-electron chi connectivity index (χ4n) is 2.37. The quantitative estimate of drug-likeness (QED) is 0.754. The lowest BCUT2D eigenvalue weighted by Crippen LogP contribution is -2.32. The summed E-state index contributed by atoms with van der Waals surface area (Å²) in [6.07, 6.45) is 4.63. The largest absolute Gasteiger partial charge is 0.505 e. The Bertz CT molecular complexity index is 378. The molecule has 1 fully saturated rings. The monoisotopic (exact) mass is 239 g/mol. The summed E-state index contributed by atoms with van der Waals surface area (Å²) in [5.41, 5.74) is 0.676. The lowest BCUT2D eigenvalue weighted by atomic mass is 10.1. The van der Waals surface area contributed by atoms with Gasteiger partial charge in [-0.2, -0.15) is 0 Å². The minimum Gasteiger partial charge on any atom is -0.505 e. The van der Waals surface area contributed by atoms with Crippen molar-refractivity contribution in [1.29, 1.82) is 0 Å². The molecule has 0 amide bonds. The Morgan fingerprint density at radius 2 is 2.06 bits per heavy atom. The summed E-state index contributed by atoms with van der Waals surface area (Å²) in [5, 5.41) is 21.8. The van der Waals surface area contributed by atoms with Crippen LogP contribution < -0.4 is 5.32 Å². The molecule has 3 nitrogen and oxygen atoms in total. The predicted octanol–water partition coefficient (Wildman–Crippen LogP) is 2.10. The van der Waals surface area contributed by atoms with E-state index in [0.717, 1.165) is 12.8 Å². The molecule has 17 heavy (non-hydrogen) atoms. The molecule has 0 spiro atoms. The molecule has 0 aromatic heterocycles. The van der Waals surface area contributed by atoms with Gasteiger partial charge >= 0.3 is 0 Å². The highest BCUT2D eigenvalue weighted by Crippen LogP contribution is 2.24. The Labute approximate surface area is 100 Å². The average Bonchev–Trinajstić information content (AvgIpc) is 2.82. The number of hydrogen-bond acceptors (Lipinski definition) is 3. The molecule has 3 N–H and O–H groups in total. The number of aliphatic hydroxyl groups is 1. The number of aliphatic hydroxyl groups excluding tert-OH is 1. The van der Waals surface area contributed by atoms with Crippen molar-refractivity contribution >= 4 is 0 Å². The van der Waals surface area contributed by atoms with Crippen LogP contribution in [-0.2, 0) is 0 Å². The van der Waals surface area contributed by atoms with E-state index in [1.54, 1.807) is 6.07 Å². The van der Waals surface area contributed by atoms with Gasteiger partial charge in [-0.05, 0) is 30.5 Å². The molecular formula is C13H18FNO2. The number of aromatic hydroxyl groups is 1. The van der Waals surface area contributed by atoms with Crippen LogP contribution in [0.15, 0.2) is 18.2 Å². The van der Waals surface area contributed by atoms with Crippen LogP contribution in [0.5, 0.6) is 5.75 Å². The van der Waals surface area contributed by atoms with Crippen LogP contribution in [0.4, 0.5) is 4.39 Å². The van der Waals surface area contributed by atoms with E-state index in [0.29, 0.717) is 11.6 Å². The summed E-state index contributed by atoms with van der Waals surface area (Å²) in [6, 6.07) is 4.39. The number of halogens is 1. The molecule has 1 unspecified atom stereocenters. The van der Waals surface area contributed by atoms with Crippen molar-refractivity contribution in [2.45, 2.75) is 37.8 Å². The van der Waals surface area contributed by atoms with Crippen LogP contribution in [0.1, 0.15) is 37.3 Å². The normalized spacial score (nSPS) is 18.5. The average molecular weight is 239 g/mol. The second kappa shape index (κ2) is 5.47. The topological polar surface area (TPSA) is 52.5 Å². The SMILES string of the molecule is OCC(NC1CCCC1)c1ccc(O)c(F)c1. The Balaban J connectivity index is 2.08. The molecule has 1 saturated carbocycles. The summed E-state index contributed by atoms with van der Waals surface area (Å²) in [5.74, 6) is -1.000. The van der Waals surface area contributed by atoms with Crippen molar-refractivity contribution in [3.05, 3.63) is 29.6 Å². The van der Waals surface area contributed by atoms with E-state index < -0.39 is 5.82 Å². The van der Waals surface area contributed by atoms with E-state index in [-0.39, 0.29) is 18.4 Å². The van der Waals surface area contributed by atoms with E-state index in [1.165, 1.54) is 25.0 Å². The first kappa shape index (κ1) is 12.3. The Morgan fingerprint density at radius 3 is 2.65 bits per heavy atom. The number of hydrogen-bond donors (Lipinski definition) is 3. The number of nitrogens with one attached hydrogen (secondary N) is 1. The Kier molecular flexibility index (Phi) is 3.97. The van der Waals surface area contributed by atoms with Gasteiger partial charge in [0.15, 0.2) is 11.6 Å². The molecule has 0 aliphatic heterocycles. The molecule has 0 saturated heterocycles. The van der Waals surface area contributed by atoms with Crippen molar-refractivity contribution in [1.82, 2.24) is 5.32 Å². The number of phenols is 1. The molecule has 4 heteroatoms. The lowest BCUT2D eigenvalue weighted by Gasteiger charge is -2.21. The molecule has 1 aliphatic rings. The van der Waals surface area contributed by atoms with E-state index in [9.17, 15) is 9.50 Å². The van der Waals surface area contributed by atoms with Gasteiger partial charge < -0.3 is 15.5 Å². The smallest absolute Gasteiger partial charge is 0.165 e.